The Bertz CT molecular complexity index is 481. The second-order valence-electron chi connectivity index (χ2n) is 4.59. The summed E-state index contributed by atoms with van der Waals surface area (Å²) >= 11 is 5.92. The van der Waals surface area contributed by atoms with E-state index in [1.54, 1.807) is 23.1 Å². The Labute approximate surface area is 110 Å². The zero-order valence-electron chi connectivity index (χ0n) is 10.0. The van der Waals surface area contributed by atoms with Gasteiger partial charge in [-0.05, 0) is 37.1 Å². The van der Waals surface area contributed by atoms with Crippen molar-refractivity contribution in [3.8, 4) is 0 Å². The molecule has 1 aliphatic rings. The molecule has 0 saturated carbocycles. The molecule has 0 aliphatic carbocycles. The lowest BCUT2D eigenvalue weighted by atomic mass is 10.1. The van der Waals surface area contributed by atoms with Crippen LogP contribution in [-0.2, 0) is 4.79 Å². The molecular weight excluding hydrogens is 254 g/mol. The summed E-state index contributed by atoms with van der Waals surface area (Å²) in [7, 11) is 0. The van der Waals surface area contributed by atoms with Gasteiger partial charge in [-0.15, -0.1) is 0 Å². The van der Waals surface area contributed by atoms with Gasteiger partial charge in [-0.25, -0.2) is 0 Å². The number of carboxylic acid groups (broad SMARTS) is 1. The molecule has 1 unspecified atom stereocenters. The molecule has 5 heteroatoms. The Morgan fingerprint density at radius 3 is 2.67 bits per heavy atom. The van der Waals surface area contributed by atoms with Crippen molar-refractivity contribution >= 4 is 23.5 Å². The molecule has 1 aromatic rings. The summed E-state index contributed by atoms with van der Waals surface area (Å²) in [5, 5.41) is 9.43. The van der Waals surface area contributed by atoms with Crippen molar-refractivity contribution < 1.29 is 14.7 Å². The third-order valence-electron chi connectivity index (χ3n) is 3.11. The molecule has 96 valence electrons. The minimum Gasteiger partial charge on any atom is -0.481 e. The van der Waals surface area contributed by atoms with Crippen LogP contribution in [0.15, 0.2) is 18.2 Å². The minimum absolute atomic E-state index is 0.149. The fourth-order valence-electron chi connectivity index (χ4n) is 2.19. The molecule has 1 heterocycles. The van der Waals surface area contributed by atoms with E-state index in [2.05, 4.69) is 0 Å². The standard InChI is InChI=1S/C13H14ClNO3/c1-8-4-10(6-11(14)5-8)12(16)15-3-2-9(7-15)13(17)18/h4-6,9H,2-3,7H2,1H3,(H,17,18). The minimum atomic E-state index is -0.840. The van der Waals surface area contributed by atoms with E-state index in [0.717, 1.165) is 5.56 Å². The van der Waals surface area contributed by atoms with Gasteiger partial charge in [-0.2, -0.15) is 0 Å². The second kappa shape index (κ2) is 4.98. The molecule has 18 heavy (non-hydrogen) atoms. The van der Waals surface area contributed by atoms with Crippen molar-refractivity contribution in [2.24, 2.45) is 5.92 Å². The summed E-state index contributed by atoms with van der Waals surface area (Å²) in [5.74, 6) is -1.44. The van der Waals surface area contributed by atoms with Crippen LogP contribution in [0.4, 0.5) is 0 Å². The highest BCUT2D eigenvalue weighted by Crippen LogP contribution is 2.21. The number of benzene rings is 1. The molecule has 0 bridgehead atoms. The number of aliphatic carboxylic acids is 1. The molecule has 1 aliphatic heterocycles. The Kier molecular flexibility index (Phi) is 3.57. The fourth-order valence-corrected chi connectivity index (χ4v) is 2.48. The molecule has 2 rings (SSSR count). The largest absolute Gasteiger partial charge is 0.481 e. The van der Waals surface area contributed by atoms with Crippen molar-refractivity contribution in [3.05, 3.63) is 34.3 Å². The number of nitrogens with zero attached hydrogens (tertiary/aromatic N) is 1. The van der Waals surface area contributed by atoms with E-state index in [-0.39, 0.29) is 12.5 Å². The summed E-state index contributed by atoms with van der Waals surface area (Å²) in [6.07, 6.45) is 0.515. The zero-order chi connectivity index (χ0) is 13.3. The van der Waals surface area contributed by atoms with Crippen LogP contribution >= 0.6 is 11.6 Å². The van der Waals surface area contributed by atoms with Crippen LogP contribution in [0.3, 0.4) is 0 Å². The Morgan fingerprint density at radius 1 is 1.39 bits per heavy atom. The number of hydrogen-bond donors (Lipinski definition) is 1. The monoisotopic (exact) mass is 267 g/mol. The van der Waals surface area contributed by atoms with Gasteiger partial charge in [0.05, 0.1) is 5.92 Å². The van der Waals surface area contributed by atoms with E-state index in [0.29, 0.717) is 23.6 Å². The van der Waals surface area contributed by atoms with Gasteiger partial charge in [0.2, 0.25) is 0 Å². The first-order valence-corrected chi connectivity index (χ1v) is 6.14. The van der Waals surface area contributed by atoms with Gasteiger partial charge in [0.25, 0.3) is 5.91 Å². The Hall–Kier alpha value is -1.55. The van der Waals surface area contributed by atoms with Crippen molar-refractivity contribution in [1.29, 1.82) is 0 Å². The number of rotatable bonds is 2. The third-order valence-corrected chi connectivity index (χ3v) is 3.33. The predicted molar refractivity (Wildman–Crippen MR) is 67.8 cm³/mol. The van der Waals surface area contributed by atoms with E-state index in [9.17, 15) is 9.59 Å². The van der Waals surface area contributed by atoms with Crippen LogP contribution in [-0.4, -0.2) is 35.0 Å². The number of carbonyl (C=O) groups is 2. The highest BCUT2D eigenvalue weighted by atomic mass is 35.5. The highest BCUT2D eigenvalue weighted by molar-refractivity contribution is 6.31. The molecule has 0 aromatic heterocycles. The first-order valence-electron chi connectivity index (χ1n) is 5.76. The highest BCUT2D eigenvalue weighted by Gasteiger charge is 2.31. The van der Waals surface area contributed by atoms with E-state index in [4.69, 9.17) is 16.7 Å². The molecule has 1 aromatic carbocycles. The maximum atomic E-state index is 12.2. The second-order valence-corrected chi connectivity index (χ2v) is 5.03. The molecule has 1 N–H and O–H groups in total. The molecule has 1 atom stereocenters. The number of carbonyl (C=O) groups excluding carboxylic acids is 1. The van der Waals surface area contributed by atoms with Gasteiger partial charge in [-0.3, -0.25) is 9.59 Å². The smallest absolute Gasteiger partial charge is 0.308 e. The number of aryl methyl sites for hydroxylation is 1. The SMILES string of the molecule is Cc1cc(Cl)cc(C(=O)N2CCC(C(=O)O)C2)c1. The molecule has 0 spiro atoms. The van der Waals surface area contributed by atoms with Gasteiger partial charge < -0.3 is 10.0 Å². The summed E-state index contributed by atoms with van der Waals surface area (Å²) in [4.78, 5) is 24.6. The molecule has 1 fully saturated rings. The average Bonchev–Trinajstić information content (AvgIpc) is 2.75. The molecular formula is C13H14ClNO3. The number of halogens is 1. The van der Waals surface area contributed by atoms with E-state index in [1.807, 2.05) is 6.92 Å². The Morgan fingerprint density at radius 2 is 2.11 bits per heavy atom. The van der Waals surface area contributed by atoms with Crippen molar-refractivity contribution in [2.75, 3.05) is 13.1 Å². The lowest BCUT2D eigenvalue weighted by Crippen LogP contribution is -2.30. The molecule has 4 nitrogen and oxygen atoms in total. The Balaban J connectivity index is 2.15. The van der Waals surface area contributed by atoms with Crippen molar-refractivity contribution in [2.45, 2.75) is 13.3 Å². The summed E-state index contributed by atoms with van der Waals surface area (Å²) in [6.45, 7) is 2.63. The fraction of sp³-hybridized carbons (Fsp3) is 0.385. The predicted octanol–water partition coefficient (Wildman–Crippen LogP) is 2.20. The summed E-state index contributed by atoms with van der Waals surface area (Å²) in [5.41, 5.74) is 1.44. The van der Waals surface area contributed by atoms with Gasteiger partial charge in [0, 0.05) is 23.7 Å². The maximum absolute atomic E-state index is 12.2. The quantitative estimate of drug-likeness (QED) is 0.894. The van der Waals surface area contributed by atoms with Gasteiger partial charge in [0.1, 0.15) is 0 Å². The number of hydrogen-bond acceptors (Lipinski definition) is 2. The van der Waals surface area contributed by atoms with Crippen LogP contribution in [0.5, 0.6) is 0 Å². The lowest BCUT2D eigenvalue weighted by Gasteiger charge is -2.16. The van der Waals surface area contributed by atoms with Crippen LogP contribution in [0.25, 0.3) is 0 Å². The molecule has 1 saturated heterocycles. The van der Waals surface area contributed by atoms with Gasteiger partial charge in [0.15, 0.2) is 0 Å². The summed E-state index contributed by atoms with van der Waals surface area (Å²) in [6, 6.07) is 5.16. The third kappa shape index (κ3) is 2.64. The van der Waals surface area contributed by atoms with Gasteiger partial charge >= 0.3 is 5.97 Å². The molecule has 0 radical (unpaired) electrons. The molecule has 1 amide bonds. The van der Waals surface area contributed by atoms with Crippen LogP contribution < -0.4 is 0 Å². The van der Waals surface area contributed by atoms with Crippen LogP contribution in [0.1, 0.15) is 22.3 Å². The lowest BCUT2D eigenvalue weighted by molar-refractivity contribution is -0.141. The average molecular weight is 268 g/mol. The normalized spacial score (nSPS) is 19.0. The first kappa shape index (κ1) is 12.9. The topological polar surface area (TPSA) is 57.6 Å². The van der Waals surface area contributed by atoms with E-state index < -0.39 is 11.9 Å². The van der Waals surface area contributed by atoms with Crippen molar-refractivity contribution in [3.63, 3.8) is 0 Å². The maximum Gasteiger partial charge on any atom is 0.308 e. The number of likely N-dealkylation sites (tertiary alicyclic amines) is 1. The summed E-state index contributed by atoms with van der Waals surface area (Å²) < 4.78 is 0. The zero-order valence-corrected chi connectivity index (χ0v) is 10.8. The van der Waals surface area contributed by atoms with E-state index in [1.165, 1.54) is 0 Å². The van der Waals surface area contributed by atoms with E-state index >= 15 is 0 Å². The number of carboxylic acids is 1. The first-order chi connectivity index (χ1) is 8.47. The van der Waals surface area contributed by atoms with Gasteiger partial charge in [-0.1, -0.05) is 11.6 Å². The van der Waals surface area contributed by atoms with Crippen LogP contribution in [0.2, 0.25) is 5.02 Å². The van der Waals surface area contributed by atoms with Crippen LogP contribution in [0, 0.1) is 12.8 Å². The number of amides is 1. The van der Waals surface area contributed by atoms with Crippen molar-refractivity contribution in [1.82, 2.24) is 4.90 Å².